The minimum atomic E-state index is 0.0528. The Balaban J connectivity index is 1.72. The van der Waals surface area contributed by atoms with Crippen LogP contribution in [0.5, 0.6) is 5.75 Å². The second-order valence-corrected chi connectivity index (χ2v) is 7.71. The summed E-state index contributed by atoms with van der Waals surface area (Å²) in [6.07, 6.45) is 1.95. The molecule has 2 aliphatic rings. The fourth-order valence-corrected chi connectivity index (χ4v) is 4.21. The molecule has 3 rings (SSSR count). The zero-order valence-electron chi connectivity index (χ0n) is 15.6. The van der Waals surface area contributed by atoms with Gasteiger partial charge in [0, 0.05) is 44.3 Å². The van der Waals surface area contributed by atoms with E-state index in [9.17, 15) is 4.79 Å². The predicted octanol–water partition coefficient (Wildman–Crippen LogP) is 2.45. The molecule has 1 amide bonds. The predicted molar refractivity (Wildman–Crippen MR) is 97.5 cm³/mol. The van der Waals surface area contributed by atoms with Crippen molar-refractivity contribution in [3.8, 4) is 5.75 Å². The summed E-state index contributed by atoms with van der Waals surface area (Å²) in [5.74, 6) is 1.13. The van der Waals surface area contributed by atoms with Crippen molar-refractivity contribution in [2.45, 2.75) is 39.3 Å². The third-order valence-corrected chi connectivity index (χ3v) is 5.52. The van der Waals surface area contributed by atoms with Gasteiger partial charge < -0.3 is 14.8 Å². The maximum absolute atomic E-state index is 12.8. The Morgan fingerprint density at radius 3 is 2.60 bits per heavy atom. The molecule has 1 spiro atoms. The van der Waals surface area contributed by atoms with Crippen molar-refractivity contribution in [2.75, 3.05) is 33.4 Å². The molecule has 1 aromatic carbocycles. The Morgan fingerprint density at radius 1 is 1.32 bits per heavy atom. The van der Waals surface area contributed by atoms with Crippen LogP contribution in [-0.2, 0) is 16.1 Å². The van der Waals surface area contributed by atoms with Crippen LogP contribution in [0.4, 0.5) is 0 Å². The van der Waals surface area contributed by atoms with Gasteiger partial charge in [-0.1, -0.05) is 12.1 Å². The molecule has 2 heterocycles. The number of hydrogen-bond acceptors (Lipinski definition) is 4. The molecule has 0 aromatic heterocycles. The molecule has 1 atom stereocenters. The summed E-state index contributed by atoms with van der Waals surface area (Å²) in [4.78, 5) is 15.2. The zero-order chi connectivity index (χ0) is 17.9. The first-order chi connectivity index (χ1) is 12.0. The molecule has 5 nitrogen and oxygen atoms in total. The first-order valence-electron chi connectivity index (χ1n) is 9.26. The Labute approximate surface area is 150 Å². The summed E-state index contributed by atoms with van der Waals surface area (Å²) in [5.41, 5.74) is 1.32. The lowest BCUT2D eigenvalue weighted by molar-refractivity contribution is -0.130. The molecular weight excluding hydrogens is 316 g/mol. The third kappa shape index (κ3) is 4.15. The molecular formula is C20H30N2O3. The van der Waals surface area contributed by atoms with Crippen molar-refractivity contribution >= 4 is 5.91 Å². The summed E-state index contributed by atoms with van der Waals surface area (Å²) < 4.78 is 10.8. The van der Waals surface area contributed by atoms with E-state index >= 15 is 0 Å². The normalized spacial score (nSPS) is 23.1. The fraction of sp³-hybridized carbons (Fsp3) is 0.650. The van der Waals surface area contributed by atoms with Crippen molar-refractivity contribution in [1.29, 1.82) is 0 Å². The molecule has 25 heavy (non-hydrogen) atoms. The van der Waals surface area contributed by atoms with E-state index in [0.717, 1.165) is 51.4 Å². The molecule has 138 valence electrons. The van der Waals surface area contributed by atoms with Gasteiger partial charge in [0.25, 0.3) is 0 Å². The van der Waals surface area contributed by atoms with Gasteiger partial charge in [0.15, 0.2) is 0 Å². The summed E-state index contributed by atoms with van der Waals surface area (Å²) in [5, 5.41) is 3.13. The lowest BCUT2D eigenvalue weighted by atomic mass is 9.71. The molecule has 1 N–H and O–H groups in total. The average molecular weight is 346 g/mol. The molecule has 0 radical (unpaired) electrons. The molecule has 0 saturated carbocycles. The Morgan fingerprint density at radius 2 is 2.00 bits per heavy atom. The minimum absolute atomic E-state index is 0.0528. The SMILES string of the molecule is COc1ccc(CN2C[C@H](C(=O)NC(C)C)C3(CCOCC3)C2)cc1. The van der Waals surface area contributed by atoms with Gasteiger partial charge in [-0.05, 0) is 44.4 Å². The smallest absolute Gasteiger partial charge is 0.225 e. The van der Waals surface area contributed by atoms with Crippen molar-refractivity contribution in [3.63, 3.8) is 0 Å². The molecule has 5 heteroatoms. The topological polar surface area (TPSA) is 50.8 Å². The molecule has 0 bridgehead atoms. The Bertz CT molecular complexity index is 579. The number of ether oxygens (including phenoxy) is 2. The first kappa shape index (κ1) is 18.2. The third-order valence-electron chi connectivity index (χ3n) is 5.52. The number of carbonyl (C=O) groups excluding carboxylic acids is 1. The quantitative estimate of drug-likeness (QED) is 0.890. The fourth-order valence-electron chi connectivity index (χ4n) is 4.21. The van der Waals surface area contributed by atoms with Crippen LogP contribution in [0.3, 0.4) is 0 Å². The lowest BCUT2D eigenvalue weighted by Crippen LogP contribution is -2.46. The van der Waals surface area contributed by atoms with Crippen LogP contribution in [0.25, 0.3) is 0 Å². The van der Waals surface area contributed by atoms with Crippen LogP contribution in [-0.4, -0.2) is 50.3 Å². The summed E-state index contributed by atoms with van der Waals surface area (Å²) in [7, 11) is 1.68. The zero-order valence-corrected chi connectivity index (χ0v) is 15.6. The van der Waals surface area contributed by atoms with Crippen molar-refractivity contribution in [1.82, 2.24) is 10.2 Å². The number of likely N-dealkylation sites (tertiary alicyclic amines) is 1. The lowest BCUT2D eigenvalue weighted by Gasteiger charge is -2.37. The highest BCUT2D eigenvalue weighted by Crippen LogP contribution is 2.44. The van der Waals surface area contributed by atoms with Gasteiger partial charge in [-0.2, -0.15) is 0 Å². The van der Waals surface area contributed by atoms with Gasteiger partial charge >= 0.3 is 0 Å². The van der Waals surface area contributed by atoms with E-state index in [2.05, 4.69) is 22.3 Å². The standard InChI is InChI=1S/C20H30N2O3/c1-15(2)21-19(23)18-13-22(14-20(18)8-10-25-11-9-20)12-16-4-6-17(24-3)7-5-16/h4-7,15,18H,8-14H2,1-3H3,(H,21,23)/t18-/m1/s1. The van der Waals surface area contributed by atoms with Crippen LogP contribution < -0.4 is 10.1 Å². The van der Waals surface area contributed by atoms with Gasteiger partial charge in [-0.3, -0.25) is 9.69 Å². The van der Waals surface area contributed by atoms with E-state index in [1.807, 2.05) is 26.0 Å². The van der Waals surface area contributed by atoms with Crippen LogP contribution >= 0.6 is 0 Å². The number of carbonyl (C=O) groups is 1. The second kappa shape index (κ2) is 7.75. The van der Waals surface area contributed by atoms with Crippen LogP contribution in [0.2, 0.25) is 0 Å². The highest BCUT2D eigenvalue weighted by atomic mass is 16.5. The number of amides is 1. The first-order valence-corrected chi connectivity index (χ1v) is 9.26. The molecule has 0 aliphatic carbocycles. The van der Waals surface area contributed by atoms with E-state index in [-0.39, 0.29) is 23.3 Å². The molecule has 0 unspecified atom stereocenters. The van der Waals surface area contributed by atoms with Gasteiger partial charge in [-0.25, -0.2) is 0 Å². The van der Waals surface area contributed by atoms with Gasteiger partial charge in [-0.15, -0.1) is 0 Å². The number of hydrogen-bond donors (Lipinski definition) is 1. The highest BCUT2D eigenvalue weighted by Gasteiger charge is 2.50. The number of methoxy groups -OCH3 is 1. The van der Waals surface area contributed by atoms with Crippen molar-refractivity contribution in [3.05, 3.63) is 29.8 Å². The minimum Gasteiger partial charge on any atom is -0.497 e. The largest absolute Gasteiger partial charge is 0.497 e. The highest BCUT2D eigenvalue weighted by molar-refractivity contribution is 5.80. The number of nitrogens with one attached hydrogen (secondary N) is 1. The number of nitrogens with zero attached hydrogens (tertiary/aromatic N) is 1. The molecule has 1 aromatic rings. The van der Waals surface area contributed by atoms with Crippen LogP contribution in [0.1, 0.15) is 32.3 Å². The summed E-state index contributed by atoms with van der Waals surface area (Å²) in [6, 6.07) is 8.39. The van der Waals surface area contributed by atoms with E-state index in [0.29, 0.717) is 0 Å². The second-order valence-electron chi connectivity index (χ2n) is 7.71. The Hall–Kier alpha value is -1.59. The van der Waals surface area contributed by atoms with Crippen molar-refractivity contribution in [2.24, 2.45) is 11.3 Å². The molecule has 2 aliphatic heterocycles. The Kier molecular flexibility index (Phi) is 5.64. The molecule has 2 fully saturated rings. The molecule has 2 saturated heterocycles. The summed E-state index contributed by atoms with van der Waals surface area (Å²) >= 11 is 0. The average Bonchev–Trinajstić information content (AvgIpc) is 2.93. The van der Waals surface area contributed by atoms with Gasteiger partial charge in [0.2, 0.25) is 5.91 Å². The van der Waals surface area contributed by atoms with Crippen LogP contribution in [0.15, 0.2) is 24.3 Å². The monoisotopic (exact) mass is 346 g/mol. The van der Waals surface area contributed by atoms with Crippen molar-refractivity contribution < 1.29 is 14.3 Å². The van der Waals surface area contributed by atoms with Gasteiger partial charge in [0.1, 0.15) is 5.75 Å². The maximum Gasteiger partial charge on any atom is 0.225 e. The van der Waals surface area contributed by atoms with E-state index < -0.39 is 0 Å². The van der Waals surface area contributed by atoms with Gasteiger partial charge in [0.05, 0.1) is 13.0 Å². The number of rotatable bonds is 5. The number of benzene rings is 1. The van der Waals surface area contributed by atoms with E-state index in [1.165, 1.54) is 5.56 Å². The van der Waals surface area contributed by atoms with E-state index in [1.54, 1.807) is 7.11 Å². The maximum atomic E-state index is 12.8. The summed E-state index contributed by atoms with van der Waals surface area (Å²) in [6.45, 7) is 8.25. The van der Waals surface area contributed by atoms with E-state index in [4.69, 9.17) is 9.47 Å². The van der Waals surface area contributed by atoms with Crippen LogP contribution in [0, 0.1) is 11.3 Å².